The van der Waals surface area contributed by atoms with Crippen molar-refractivity contribution in [1.29, 1.82) is 0 Å². The maximum atomic E-state index is 5.55. The Hall–Kier alpha value is 0.730. The first-order valence-electron chi connectivity index (χ1n) is 3.10. The van der Waals surface area contributed by atoms with Crippen LogP contribution in [0.25, 0.3) is 0 Å². The van der Waals surface area contributed by atoms with Crippen molar-refractivity contribution in [2.45, 2.75) is 24.7 Å². The van der Waals surface area contributed by atoms with Gasteiger partial charge in [-0.2, -0.15) is 0 Å². The molecule has 0 saturated carbocycles. The molecular formula is C6H13BrClN. The molecule has 0 aliphatic heterocycles. The Morgan fingerprint density at radius 2 is 2.11 bits per heavy atom. The van der Waals surface area contributed by atoms with Crippen LogP contribution in [0.3, 0.4) is 0 Å². The minimum Gasteiger partial charge on any atom is -0.313 e. The van der Waals surface area contributed by atoms with Gasteiger partial charge in [-0.15, -0.1) is 11.6 Å². The van der Waals surface area contributed by atoms with Gasteiger partial charge in [0.1, 0.15) is 0 Å². The van der Waals surface area contributed by atoms with Gasteiger partial charge in [0.15, 0.2) is 0 Å². The third kappa shape index (κ3) is 6.62. The predicted molar refractivity (Wildman–Crippen MR) is 46.6 cm³/mol. The van der Waals surface area contributed by atoms with E-state index in [-0.39, 0.29) is 0 Å². The fraction of sp³-hybridized carbons (Fsp3) is 1.00. The van der Waals surface area contributed by atoms with Gasteiger partial charge in [-0.25, -0.2) is 0 Å². The Balaban J connectivity index is 3.06. The van der Waals surface area contributed by atoms with Crippen molar-refractivity contribution in [2.24, 2.45) is 0 Å². The van der Waals surface area contributed by atoms with Crippen LogP contribution >= 0.6 is 27.5 Å². The second-order valence-corrected chi connectivity index (χ2v) is 3.92. The lowest BCUT2D eigenvalue weighted by molar-refractivity contribution is 0.593. The standard InChI is InChI=1S/C6H13BrClN/c1-5(2)9-4-6(7)3-8/h5-6,9H,3-4H2,1-2H3/t6-/m1/s1. The van der Waals surface area contributed by atoms with Crippen LogP contribution in [-0.2, 0) is 0 Å². The van der Waals surface area contributed by atoms with Crippen molar-refractivity contribution in [3.8, 4) is 0 Å². The number of nitrogens with one attached hydrogen (secondary N) is 1. The molecule has 0 aliphatic carbocycles. The number of hydrogen-bond acceptors (Lipinski definition) is 1. The highest BCUT2D eigenvalue weighted by molar-refractivity contribution is 9.09. The SMILES string of the molecule is CC(C)NC[C@H](Br)CCl. The van der Waals surface area contributed by atoms with Gasteiger partial charge in [0.2, 0.25) is 0 Å². The second-order valence-electron chi connectivity index (χ2n) is 2.31. The van der Waals surface area contributed by atoms with Crippen LogP contribution in [-0.4, -0.2) is 23.3 Å². The summed E-state index contributed by atoms with van der Waals surface area (Å²) in [6.45, 7) is 5.18. The van der Waals surface area contributed by atoms with E-state index in [1.54, 1.807) is 0 Å². The first-order chi connectivity index (χ1) is 4.16. The van der Waals surface area contributed by atoms with Gasteiger partial charge >= 0.3 is 0 Å². The zero-order valence-corrected chi connectivity index (χ0v) is 8.17. The van der Waals surface area contributed by atoms with Crippen LogP contribution < -0.4 is 5.32 Å². The predicted octanol–water partition coefficient (Wildman–Crippen LogP) is 1.99. The zero-order chi connectivity index (χ0) is 7.28. The van der Waals surface area contributed by atoms with Crippen molar-refractivity contribution in [2.75, 3.05) is 12.4 Å². The molecule has 0 amide bonds. The first kappa shape index (κ1) is 9.73. The molecule has 0 radical (unpaired) electrons. The Bertz CT molecular complexity index is 68.1. The third-order valence-electron chi connectivity index (χ3n) is 0.915. The monoisotopic (exact) mass is 213 g/mol. The molecule has 0 saturated heterocycles. The minimum absolute atomic E-state index is 0.404. The lowest BCUT2D eigenvalue weighted by atomic mass is 10.4. The molecule has 0 aromatic rings. The van der Waals surface area contributed by atoms with Gasteiger partial charge in [-0.3, -0.25) is 0 Å². The van der Waals surface area contributed by atoms with Crippen LogP contribution in [0.5, 0.6) is 0 Å². The van der Waals surface area contributed by atoms with E-state index in [4.69, 9.17) is 11.6 Å². The Morgan fingerprint density at radius 3 is 2.44 bits per heavy atom. The van der Waals surface area contributed by atoms with Gasteiger partial charge in [-0.1, -0.05) is 29.8 Å². The summed E-state index contributed by atoms with van der Waals surface area (Å²) < 4.78 is 0. The molecule has 1 atom stereocenters. The molecule has 0 rings (SSSR count). The Labute approximate surface area is 70.3 Å². The highest BCUT2D eigenvalue weighted by atomic mass is 79.9. The average molecular weight is 215 g/mol. The van der Waals surface area contributed by atoms with E-state index in [0.717, 1.165) is 6.54 Å². The smallest absolute Gasteiger partial charge is 0.0406 e. The lowest BCUT2D eigenvalue weighted by Gasteiger charge is -2.09. The third-order valence-corrected chi connectivity index (χ3v) is 2.31. The molecule has 0 bridgehead atoms. The quantitative estimate of drug-likeness (QED) is 0.706. The van der Waals surface area contributed by atoms with E-state index in [1.165, 1.54) is 0 Å². The maximum Gasteiger partial charge on any atom is 0.0406 e. The topological polar surface area (TPSA) is 12.0 Å². The summed E-state index contributed by atoms with van der Waals surface area (Å²) >= 11 is 8.96. The molecule has 0 aliphatic rings. The average Bonchev–Trinajstić information content (AvgIpc) is 1.83. The molecule has 0 aromatic heterocycles. The van der Waals surface area contributed by atoms with Gasteiger partial charge in [0.25, 0.3) is 0 Å². The van der Waals surface area contributed by atoms with Crippen LogP contribution in [0.1, 0.15) is 13.8 Å². The van der Waals surface area contributed by atoms with Crippen molar-refractivity contribution < 1.29 is 0 Å². The maximum absolute atomic E-state index is 5.55. The summed E-state index contributed by atoms with van der Waals surface area (Å²) in [6, 6.07) is 0.549. The van der Waals surface area contributed by atoms with Crippen LogP contribution in [0.2, 0.25) is 0 Å². The van der Waals surface area contributed by atoms with E-state index in [1.807, 2.05) is 0 Å². The highest BCUT2D eigenvalue weighted by Crippen LogP contribution is 1.99. The summed E-state index contributed by atoms with van der Waals surface area (Å²) in [4.78, 5) is 0.404. The van der Waals surface area contributed by atoms with Crippen LogP contribution in [0, 0.1) is 0 Å². The first-order valence-corrected chi connectivity index (χ1v) is 4.55. The molecule has 3 heteroatoms. The molecule has 1 nitrogen and oxygen atoms in total. The van der Waals surface area contributed by atoms with E-state index >= 15 is 0 Å². The van der Waals surface area contributed by atoms with Crippen LogP contribution in [0.15, 0.2) is 0 Å². The number of alkyl halides is 2. The van der Waals surface area contributed by atoms with Gasteiger partial charge in [0, 0.05) is 23.3 Å². The number of hydrogen-bond donors (Lipinski definition) is 1. The molecule has 0 heterocycles. The fourth-order valence-electron chi connectivity index (χ4n) is 0.418. The molecule has 56 valence electrons. The Kier molecular flexibility index (Phi) is 5.96. The Morgan fingerprint density at radius 1 is 1.56 bits per heavy atom. The highest BCUT2D eigenvalue weighted by Gasteiger charge is 2.00. The number of halogens is 2. The molecule has 0 aromatic carbocycles. The van der Waals surface area contributed by atoms with Crippen molar-refractivity contribution in [3.63, 3.8) is 0 Å². The number of rotatable bonds is 4. The minimum atomic E-state index is 0.404. The van der Waals surface area contributed by atoms with Crippen molar-refractivity contribution in [1.82, 2.24) is 5.32 Å². The molecule has 0 unspecified atom stereocenters. The zero-order valence-electron chi connectivity index (χ0n) is 5.82. The van der Waals surface area contributed by atoms with Crippen LogP contribution in [0.4, 0.5) is 0 Å². The summed E-state index contributed by atoms with van der Waals surface area (Å²) in [5.41, 5.74) is 0. The molecule has 1 N–H and O–H groups in total. The lowest BCUT2D eigenvalue weighted by Crippen LogP contribution is -2.29. The van der Waals surface area contributed by atoms with Gasteiger partial charge in [0.05, 0.1) is 0 Å². The molecule has 0 spiro atoms. The van der Waals surface area contributed by atoms with E-state index in [9.17, 15) is 0 Å². The molecular weight excluding hydrogens is 201 g/mol. The van der Waals surface area contributed by atoms with Gasteiger partial charge < -0.3 is 5.32 Å². The normalized spacial score (nSPS) is 14.3. The summed E-state index contributed by atoms with van der Waals surface area (Å²) in [7, 11) is 0. The van der Waals surface area contributed by atoms with E-state index < -0.39 is 0 Å². The summed E-state index contributed by atoms with van der Waals surface area (Å²) in [5.74, 6) is 0.666. The van der Waals surface area contributed by atoms with Crippen molar-refractivity contribution in [3.05, 3.63) is 0 Å². The van der Waals surface area contributed by atoms with E-state index in [0.29, 0.717) is 16.7 Å². The van der Waals surface area contributed by atoms with Crippen molar-refractivity contribution >= 4 is 27.5 Å². The second kappa shape index (κ2) is 5.51. The fourth-order valence-corrected chi connectivity index (χ4v) is 0.714. The largest absolute Gasteiger partial charge is 0.313 e. The summed E-state index contributed by atoms with van der Waals surface area (Å²) in [6.07, 6.45) is 0. The van der Waals surface area contributed by atoms with E-state index in [2.05, 4.69) is 35.1 Å². The van der Waals surface area contributed by atoms with Gasteiger partial charge in [-0.05, 0) is 0 Å². The summed E-state index contributed by atoms with van der Waals surface area (Å²) in [5, 5.41) is 3.26. The molecule has 9 heavy (non-hydrogen) atoms. The molecule has 0 fully saturated rings.